The minimum Gasteiger partial charge on any atom is -0.465 e. The predicted molar refractivity (Wildman–Crippen MR) is 140 cm³/mol. The van der Waals surface area contributed by atoms with E-state index in [0.717, 1.165) is 54.5 Å². The number of nitro groups is 1. The highest BCUT2D eigenvalue weighted by Crippen LogP contribution is 2.39. The van der Waals surface area contributed by atoms with Crippen molar-refractivity contribution in [3.63, 3.8) is 0 Å². The average molecular weight is 650 g/mol. The van der Waals surface area contributed by atoms with E-state index in [0.29, 0.717) is 12.1 Å². The molecule has 0 atom stereocenters. The molecular weight excluding hydrogens is 634 g/mol. The lowest BCUT2D eigenvalue weighted by molar-refractivity contribution is -0.385. The molecule has 0 bridgehead atoms. The lowest BCUT2D eigenvalue weighted by Crippen LogP contribution is -2.14. The van der Waals surface area contributed by atoms with Gasteiger partial charge < -0.3 is 24.3 Å². The van der Waals surface area contributed by atoms with Gasteiger partial charge >= 0.3 is 24.3 Å². The number of anilines is 1. The number of benzene rings is 2. The predicted octanol–water partition coefficient (Wildman–Crippen LogP) is 4.59. The SMILES string of the molecule is COC(=O)c1cc(-n2cnc(C#N)c2)c(C(F)(F)F)cc1N.COC(=O)c1cc(-n2cnc(C#N)c2)c(C(F)(F)F)cc1[N+](=O)[O-]. The molecule has 46 heavy (non-hydrogen) atoms. The number of rotatable bonds is 5. The van der Waals surface area contributed by atoms with Crippen molar-refractivity contribution in [2.75, 3.05) is 20.0 Å². The zero-order chi connectivity index (χ0) is 34.6. The number of nitro benzene ring substituents is 1. The minimum absolute atomic E-state index is 0.0652. The lowest BCUT2D eigenvalue weighted by Gasteiger charge is -2.16. The zero-order valence-electron chi connectivity index (χ0n) is 23.0. The van der Waals surface area contributed by atoms with Crippen LogP contribution in [0.2, 0.25) is 0 Å². The van der Waals surface area contributed by atoms with Crippen molar-refractivity contribution in [2.24, 2.45) is 0 Å². The highest BCUT2D eigenvalue weighted by Gasteiger charge is 2.38. The van der Waals surface area contributed by atoms with Gasteiger partial charge in [0, 0.05) is 24.1 Å². The van der Waals surface area contributed by atoms with Gasteiger partial charge in [-0.15, -0.1) is 0 Å². The van der Waals surface area contributed by atoms with Crippen LogP contribution in [0.25, 0.3) is 11.4 Å². The van der Waals surface area contributed by atoms with Gasteiger partial charge in [-0.3, -0.25) is 10.1 Å². The summed E-state index contributed by atoms with van der Waals surface area (Å²) in [7, 11) is 2.03. The van der Waals surface area contributed by atoms with E-state index in [1.54, 1.807) is 12.1 Å². The highest BCUT2D eigenvalue weighted by atomic mass is 19.4. The molecule has 4 aromatic rings. The number of carbonyl (C=O) groups is 2. The van der Waals surface area contributed by atoms with Gasteiger partial charge in [0.1, 0.15) is 30.4 Å². The van der Waals surface area contributed by atoms with Crippen molar-refractivity contribution in [3.8, 4) is 23.5 Å². The monoisotopic (exact) mass is 650 g/mol. The number of ether oxygens (including phenoxy) is 2. The Morgan fingerprint density at radius 2 is 1.24 bits per heavy atom. The number of nitrogen functional groups attached to an aromatic ring is 1. The van der Waals surface area contributed by atoms with Gasteiger partial charge in [-0.2, -0.15) is 36.9 Å². The minimum atomic E-state index is -4.94. The molecule has 0 spiro atoms. The van der Waals surface area contributed by atoms with Crippen molar-refractivity contribution >= 4 is 23.3 Å². The molecular formula is C26H16F6N8O6. The fourth-order valence-electron chi connectivity index (χ4n) is 3.80. The molecule has 0 aliphatic carbocycles. The van der Waals surface area contributed by atoms with Gasteiger partial charge in [0.05, 0.1) is 47.2 Å². The maximum absolute atomic E-state index is 13.2. The van der Waals surface area contributed by atoms with Crippen LogP contribution < -0.4 is 5.73 Å². The van der Waals surface area contributed by atoms with E-state index in [2.05, 4.69) is 19.4 Å². The lowest BCUT2D eigenvalue weighted by atomic mass is 10.1. The molecule has 0 aliphatic rings. The summed E-state index contributed by atoms with van der Waals surface area (Å²) in [5.41, 5.74) is -0.389. The fourth-order valence-corrected chi connectivity index (χ4v) is 3.80. The number of carbonyl (C=O) groups excluding carboxylic acids is 2. The molecule has 14 nitrogen and oxygen atoms in total. The van der Waals surface area contributed by atoms with E-state index in [1.807, 2.05) is 0 Å². The van der Waals surface area contributed by atoms with E-state index in [4.69, 9.17) is 16.3 Å². The van der Waals surface area contributed by atoms with Crippen LogP contribution in [0.4, 0.5) is 37.7 Å². The molecule has 0 saturated heterocycles. The first-order valence-corrected chi connectivity index (χ1v) is 11.9. The van der Waals surface area contributed by atoms with Crippen LogP contribution in [-0.2, 0) is 21.8 Å². The third kappa shape index (κ3) is 7.19. The van der Waals surface area contributed by atoms with Crippen molar-refractivity contribution in [1.29, 1.82) is 10.5 Å². The molecule has 2 aromatic carbocycles. The van der Waals surface area contributed by atoms with Gasteiger partial charge in [-0.25, -0.2) is 19.6 Å². The largest absolute Gasteiger partial charge is 0.465 e. The smallest absolute Gasteiger partial charge is 0.418 e. The number of alkyl halides is 6. The summed E-state index contributed by atoms with van der Waals surface area (Å²) in [6, 6.07) is 5.86. The van der Waals surface area contributed by atoms with Gasteiger partial charge in [0.2, 0.25) is 0 Å². The van der Waals surface area contributed by atoms with Crippen LogP contribution in [0.15, 0.2) is 49.3 Å². The number of esters is 2. The number of imidazole rings is 2. The average Bonchev–Trinajstić information content (AvgIpc) is 3.69. The third-order valence-corrected chi connectivity index (χ3v) is 5.85. The van der Waals surface area contributed by atoms with E-state index in [-0.39, 0.29) is 34.4 Å². The second kappa shape index (κ2) is 13.1. The second-order valence-corrected chi connectivity index (χ2v) is 8.63. The zero-order valence-corrected chi connectivity index (χ0v) is 23.0. The second-order valence-electron chi connectivity index (χ2n) is 8.63. The molecule has 0 saturated carbocycles. The van der Waals surface area contributed by atoms with Crippen LogP contribution >= 0.6 is 0 Å². The Morgan fingerprint density at radius 1 is 0.826 bits per heavy atom. The van der Waals surface area contributed by atoms with Crippen molar-refractivity contribution in [1.82, 2.24) is 19.1 Å². The number of nitriles is 2. The Morgan fingerprint density at radius 3 is 1.61 bits per heavy atom. The molecule has 0 unspecified atom stereocenters. The van der Waals surface area contributed by atoms with Crippen molar-refractivity contribution in [2.45, 2.75) is 12.4 Å². The van der Waals surface area contributed by atoms with Gasteiger partial charge in [-0.05, 0) is 18.2 Å². The normalized spacial score (nSPS) is 11.0. The maximum Gasteiger partial charge on any atom is 0.418 e. The highest BCUT2D eigenvalue weighted by molar-refractivity contribution is 5.96. The number of nitrogens with zero attached hydrogens (tertiary/aromatic N) is 7. The Bertz CT molecular complexity index is 1920. The van der Waals surface area contributed by atoms with E-state index < -0.39 is 57.3 Å². The van der Waals surface area contributed by atoms with E-state index in [9.17, 15) is 46.0 Å². The van der Waals surface area contributed by atoms with Gasteiger partial charge in [0.15, 0.2) is 11.4 Å². The molecule has 0 radical (unpaired) electrons. The molecule has 0 amide bonds. The number of aromatic nitrogens is 4. The van der Waals surface area contributed by atoms with E-state index in [1.165, 1.54) is 0 Å². The first-order chi connectivity index (χ1) is 21.5. The summed E-state index contributed by atoms with van der Waals surface area (Å²) in [5.74, 6) is -2.04. The summed E-state index contributed by atoms with van der Waals surface area (Å²) in [6.07, 6.45) is -5.56. The number of halogens is 6. The van der Waals surface area contributed by atoms with Crippen LogP contribution in [-0.4, -0.2) is 50.2 Å². The Balaban J connectivity index is 0.000000251. The standard InChI is InChI=1S/C13H7F3N4O4.C13H9F3N4O2/c1-24-12(21)8-2-11(19-5-7(4-17)18-6-19)9(13(14,15)16)3-10(8)20(22)23;1-22-12(21)8-2-11(20-5-7(4-17)19-6-20)9(3-10(8)18)13(14,15)16/h2-3,5-6H,1H3;2-3,5-6H,18H2,1H3. The third-order valence-electron chi connectivity index (χ3n) is 5.85. The molecule has 0 aliphatic heterocycles. The van der Waals surface area contributed by atoms with Crippen LogP contribution in [0.5, 0.6) is 0 Å². The first-order valence-electron chi connectivity index (χ1n) is 11.9. The summed E-state index contributed by atoms with van der Waals surface area (Å²) < 4.78 is 89.9. The Hall–Kier alpha value is -6.44. The molecule has 0 fully saturated rings. The quantitative estimate of drug-likeness (QED) is 0.104. The van der Waals surface area contributed by atoms with Crippen LogP contribution in [0, 0.1) is 32.8 Å². The van der Waals surface area contributed by atoms with Gasteiger partial charge in [0.25, 0.3) is 5.69 Å². The first kappa shape index (κ1) is 34.1. The maximum atomic E-state index is 13.2. The number of hydrogen-bond donors (Lipinski definition) is 1. The molecule has 2 aromatic heterocycles. The molecule has 4 rings (SSSR count). The Labute approximate surface area is 252 Å². The van der Waals surface area contributed by atoms with Crippen molar-refractivity contribution in [3.05, 3.63) is 93.1 Å². The van der Waals surface area contributed by atoms with Crippen LogP contribution in [0.3, 0.4) is 0 Å². The molecule has 20 heteroatoms. The molecule has 238 valence electrons. The molecule has 2 heterocycles. The van der Waals surface area contributed by atoms with Crippen molar-refractivity contribution < 1.29 is 50.3 Å². The van der Waals surface area contributed by atoms with E-state index >= 15 is 0 Å². The van der Waals surface area contributed by atoms with Gasteiger partial charge in [-0.1, -0.05) is 0 Å². The van der Waals surface area contributed by atoms with Crippen LogP contribution in [0.1, 0.15) is 43.2 Å². The number of methoxy groups -OCH3 is 2. The summed E-state index contributed by atoms with van der Waals surface area (Å²) in [6.45, 7) is 0. The Kier molecular flexibility index (Phi) is 9.66. The topological polar surface area (TPSA) is 205 Å². The number of nitrogens with two attached hydrogens (primary N) is 1. The molecule has 2 N–H and O–H groups in total. The summed E-state index contributed by atoms with van der Waals surface area (Å²) in [5, 5.41) is 28.4. The fraction of sp³-hybridized carbons (Fsp3) is 0.154. The summed E-state index contributed by atoms with van der Waals surface area (Å²) in [4.78, 5) is 40.3. The summed E-state index contributed by atoms with van der Waals surface area (Å²) >= 11 is 0. The number of hydrogen-bond acceptors (Lipinski definition) is 11.